The molecule has 0 spiro atoms. The van der Waals surface area contributed by atoms with Crippen molar-refractivity contribution in [3.63, 3.8) is 0 Å². The van der Waals surface area contributed by atoms with Gasteiger partial charge in [-0.15, -0.1) is 0 Å². The minimum absolute atomic E-state index is 0.0203. The second kappa shape index (κ2) is 9.73. The van der Waals surface area contributed by atoms with Gasteiger partial charge in [0.2, 0.25) is 11.8 Å². The smallest absolute Gasteiger partial charge is 0.224 e. The van der Waals surface area contributed by atoms with E-state index in [0.29, 0.717) is 18.9 Å². The third-order valence-corrected chi connectivity index (χ3v) is 6.13. The molecule has 2 amide bonds. The van der Waals surface area contributed by atoms with Crippen molar-refractivity contribution in [3.05, 3.63) is 65.2 Å². The summed E-state index contributed by atoms with van der Waals surface area (Å²) in [5, 5.41) is 0. The quantitative estimate of drug-likeness (QED) is 0.725. The Bertz CT molecular complexity index is 839. The highest BCUT2D eigenvalue weighted by molar-refractivity contribution is 5.93. The van der Waals surface area contributed by atoms with Gasteiger partial charge in [0.15, 0.2) is 0 Å². The van der Waals surface area contributed by atoms with Crippen molar-refractivity contribution in [2.45, 2.75) is 46.5 Å². The summed E-state index contributed by atoms with van der Waals surface area (Å²) < 4.78 is 0. The Morgan fingerprint density at radius 3 is 2.34 bits per heavy atom. The topological polar surface area (TPSA) is 40.6 Å². The monoisotopic (exact) mass is 392 g/mol. The molecule has 0 bridgehead atoms. The number of carbonyl (C=O) groups is 2. The lowest BCUT2D eigenvalue weighted by molar-refractivity contribution is -0.132. The highest BCUT2D eigenvalue weighted by Crippen LogP contribution is 2.25. The van der Waals surface area contributed by atoms with E-state index in [4.69, 9.17) is 0 Å². The molecule has 0 aliphatic carbocycles. The zero-order chi connectivity index (χ0) is 20.8. The molecule has 4 heteroatoms. The normalized spacial score (nSPS) is 14.7. The molecule has 0 unspecified atom stereocenters. The van der Waals surface area contributed by atoms with Crippen LogP contribution < -0.4 is 4.90 Å². The molecule has 1 saturated heterocycles. The molecular weight excluding hydrogens is 360 g/mol. The van der Waals surface area contributed by atoms with Crippen molar-refractivity contribution in [2.75, 3.05) is 24.5 Å². The van der Waals surface area contributed by atoms with E-state index in [0.717, 1.165) is 49.2 Å². The van der Waals surface area contributed by atoms with E-state index in [9.17, 15) is 9.59 Å². The van der Waals surface area contributed by atoms with Gasteiger partial charge in [-0.1, -0.05) is 42.5 Å². The van der Waals surface area contributed by atoms with Gasteiger partial charge in [0, 0.05) is 38.7 Å². The fourth-order valence-electron chi connectivity index (χ4n) is 4.18. The van der Waals surface area contributed by atoms with E-state index in [1.54, 1.807) is 11.8 Å². The van der Waals surface area contributed by atoms with Crippen LogP contribution in [0.4, 0.5) is 5.69 Å². The lowest BCUT2D eigenvalue weighted by Gasteiger charge is -2.33. The number of likely N-dealkylation sites (tertiary alicyclic amines) is 1. The van der Waals surface area contributed by atoms with E-state index in [2.05, 4.69) is 24.3 Å². The highest BCUT2D eigenvalue weighted by atomic mass is 16.2. The molecule has 0 aromatic heterocycles. The van der Waals surface area contributed by atoms with Crippen LogP contribution in [0.25, 0.3) is 0 Å². The third kappa shape index (κ3) is 5.47. The molecule has 1 aliphatic rings. The largest absolute Gasteiger partial charge is 0.343 e. The number of anilines is 1. The molecule has 29 heavy (non-hydrogen) atoms. The zero-order valence-electron chi connectivity index (χ0n) is 17.9. The number of amides is 2. The molecule has 0 atom stereocenters. The van der Waals surface area contributed by atoms with Crippen LogP contribution in [0.3, 0.4) is 0 Å². The number of piperidine rings is 1. The SMILES string of the molecule is CC(=O)N(CCC(=O)N1CCC(Cc2ccccc2)CC1)c1cccc(C)c1C. The van der Waals surface area contributed by atoms with Gasteiger partial charge in [0.25, 0.3) is 0 Å². The Morgan fingerprint density at radius 1 is 1.00 bits per heavy atom. The molecular formula is C25H32N2O2. The van der Waals surface area contributed by atoms with Crippen LogP contribution in [0.5, 0.6) is 0 Å². The Balaban J connectivity index is 1.52. The fraction of sp³-hybridized carbons (Fsp3) is 0.440. The minimum Gasteiger partial charge on any atom is -0.343 e. The van der Waals surface area contributed by atoms with Crippen molar-refractivity contribution >= 4 is 17.5 Å². The van der Waals surface area contributed by atoms with Crippen molar-refractivity contribution in [2.24, 2.45) is 5.92 Å². The van der Waals surface area contributed by atoms with Crippen LogP contribution in [0.2, 0.25) is 0 Å². The van der Waals surface area contributed by atoms with Crippen LogP contribution in [-0.4, -0.2) is 36.3 Å². The van der Waals surface area contributed by atoms with Crippen LogP contribution in [0, 0.1) is 19.8 Å². The van der Waals surface area contributed by atoms with E-state index < -0.39 is 0 Å². The molecule has 4 nitrogen and oxygen atoms in total. The van der Waals surface area contributed by atoms with Gasteiger partial charge in [-0.05, 0) is 61.8 Å². The number of hydrogen-bond donors (Lipinski definition) is 0. The average Bonchev–Trinajstić information content (AvgIpc) is 2.72. The minimum atomic E-state index is -0.0203. The van der Waals surface area contributed by atoms with Gasteiger partial charge in [-0.3, -0.25) is 9.59 Å². The Hall–Kier alpha value is -2.62. The standard InChI is InChI=1S/C25H32N2O2/c1-19-8-7-11-24(20(19)2)27(21(3)28)17-14-25(29)26-15-12-23(13-16-26)18-22-9-5-4-6-10-22/h4-11,23H,12-18H2,1-3H3. The van der Waals surface area contributed by atoms with Crippen molar-refractivity contribution < 1.29 is 9.59 Å². The first-order chi connectivity index (χ1) is 14.0. The Morgan fingerprint density at radius 2 is 1.69 bits per heavy atom. The first-order valence-electron chi connectivity index (χ1n) is 10.6. The van der Waals surface area contributed by atoms with Crippen LogP contribution >= 0.6 is 0 Å². The van der Waals surface area contributed by atoms with Crippen LogP contribution in [0.15, 0.2) is 48.5 Å². The molecule has 3 rings (SSSR count). The lowest BCUT2D eigenvalue weighted by atomic mass is 9.90. The maximum Gasteiger partial charge on any atom is 0.224 e. The molecule has 0 radical (unpaired) electrons. The fourth-order valence-corrected chi connectivity index (χ4v) is 4.18. The van der Waals surface area contributed by atoms with Gasteiger partial charge in [-0.2, -0.15) is 0 Å². The van der Waals surface area contributed by atoms with Crippen LogP contribution in [-0.2, 0) is 16.0 Å². The van der Waals surface area contributed by atoms with Gasteiger partial charge in [0.05, 0.1) is 0 Å². The molecule has 0 saturated carbocycles. The molecule has 154 valence electrons. The summed E-state index contributed by atoms with van der Waals surface area (Å²) >= 11 is 0. The second-order valence-corrected chi connectivity index (χ2v) is 8.15. The predicted octanol–water partition coefficient (Wildman–Crippen LogP) is 4.53. The Labute approximate surface area is 174 Å². The maximum absolute atomic E-state index is 12.8. The summed E-state index contributed by atoms with van der Waals surface area (Å²) in [6.45, 7) is 7.71. The summed E-state index contributed by atoms with van der Waals surface area (Å²) in [6.07, 6.45) is 3.56. The van der Waals surface area contributed by atoms with Gasteiger partial charge < -0.3 is 9.80 Å². The molecule has 2 aromatic carbocycles. The van der Waals surface area contributed by atoms with Crippen molar-refractivity contribution in [1.29, 1.82) is 0 Å². The number of carbonyl (C=O) groups excluding carboxylic acids is 2. The molecule has 1 fully saturated rings. The van der Waals surface area contributed by atoms with Crippen LogP contribution in [0.1, 0.15) is 42.9 Å². The summed E-state index contributed by atoms with van der Waals surface area (Å²) in [5.74, 6) is 0.776. The van der Waals surface area contributed by atoms with E-state index >= 15 is 0 Å². The second-order valence-electron chi connectivity index (χ2n) is 8.15. The number of benzene rings is 2. The third-order valence-electron chi connectivity index (χ3n) is 6.13. The molecule has 0 N–H and O–H groups in total. The van der Waals surface area contributed by atoms with Crippen molar-refractivity contribution in [3.8, 4) is 0 Å². The first-order valence-corrected chi connectivity index (χ1v) is 10.6. The average molecular weight is 393 g/mol. The van der Waals surface area contributed by atoms with E-state index in [1.807, 2.05) is 43.0 Å². The first kappa shape index (κ1) is 21.1. The number of rotatable bonds is 6. The summed E-state index contributed by atoms with van der Waals surface area (Å²) in [4.78, 5) is 28.7. The van der Waals surface area contributed by atoms with Gasteiger partial charge in [0.1, 0.15) is 0 Å². The van der Waals surface area contributed by atoms with E-state index in [1.165, 1.54) is 5.56 Å². The van der Waals surface area contributed by atoms with Gasteiger partial charge >= 0.3 is 0 Å². The molecule has 2 aromatic rings. The predicted molar refractivity (Wildman–Crippen MR) is 118 cm³/mol. The van der Waals surface area contributed by atoms with Crippen molar-refractivity contribution in [1.82, 2.24) is 4.90 Å². The zero-order valence-corrected chi connectivity index (χ0v) is 17.9. The summed E-state index contributed by atoms with van der Waals surface area (Å²) in [5.41, 5.74) is 4.53. The van der Waals surface area contributed by atoms with Gasteiger partial charge in [-0.25, -0.2) is 0 Å². The highest BCUT2D eigenvalue weighted by Gasteiger charge is 2.24. The van der Waals surface area contributed by atoms with E-state index in [-0.39, 0.29) is 11.8 Å². The lowest BCUT2D eigenvalue weighted by Crippen LogP contribution is -2.41. The summed E-state index contributed by atoms with van der Waals surface area (Å²) in [7, 11) is 0. The maximum atomic E-state index is 12.8. The number of hydrogen-bond acceptors (Lipinski definition) is 2. The Kier molecular flexibility index (Phi) is 7.08. The number of aryl methyl sites for hydroxylation is 1. The molecule has 1 heterocycles. The summed E-state index contributed by atoms with van der Waals surface area (Å²) in [6, 6.07) is 16.6. The number of nitrogens with zero attached hydrogens (tertiary/aromatic N) is 2. The molecule has 1 aliphatic heterocycles.